The van der Waals surface area contributed by atoms with E-state index in [4.69, 9.17) is 10.6 Å². The van der Waals surface area contributed by atoms with Gasteiger partial charge in [-0.05, 0) is 25.2 Å². The molecule has 0 radical (unpaired) electrons. The third-order valence-electron chi connectivity index (χ3n) is 3.50. The highest BCUT2D eigenvalue weighted by Gasteiger charge is 2.13. The summed E-state index contributed by atoms with van der Waals surface area (Å²) in [6, 6.07) is 7.04. The Morgan fingerprint density at radius 1 is 1.35 bits per heavy atom. The first kappa shape index (κ1) is 14.8. The molecule has 1 amide bonds. The summed E-state index contributed by atoms with van der Waals surface area (Å²) in [6.45, 7) is 5.89. The van der Waals surface area contributed by atoms with Crippen LogP contribution in [-0.2, 0) is 0 Å². The number of nitrogens with one attached hydrogen (secondary N) is 1. The summed E-state index contributed by atoms with van der Waals surface area (Å²) >= 11 is 0. The zero-order valence-electron chi connectivity index (χ0n) is 11.8. The van der Waals surface area contributed by atoms with Crippen molar-refractivity contribution >= 4 is 5.91 Å². The zero-order chi connectivity index (χ0) is 14.4. The molecular formula is C14H22N4O2. The van der Waals surface area contributed by atoms with Gasteiger partial charge in [0.05, 0.1) is 0 Å². The molecule has 1 heterocycles. The molecule has 1 saturated heterocycles. The quantitative estimate of drug-likeness (QED) is 0.448. The van der Waals surface area contributed by atoms with E-state index >= 15 is 0 Å². The van der Waals surface area contributed by atoms with Gasteiger partial charge in [0.25, 0.3) is 5.91 Å². The number of nitrogens with zero attached hydrogens (tertiary/aromatic N) is 2. The Hall–Kier alpha value is -1.63. The molecule has 110 valence electrons. The van der Waals surface area contributed by atoms with E-state index in [1.165, 1.54) is 0 Å². The van der Waals surface area contributed by atoms with Crippen LogP contribution >= 0.6 is 0 Å². The molecule has 0 saturated carbocycles. The lowest BCUT2D eigenvalue weighted by Gasteiger charge is -2.32. The Labute approximate surface area is 119 Å². The summed E-state index contributed by atoms with van der Waals surface area (Å²) in [4.78, 5) is 16.1. The summed E-state index contributed by atoms with van der Waals surface area (Å²) in [7, 11) is 2.14. The third-order valence-corrected chi connectivity index (χ3v) is 3.50. The van der Waals surface area contributed by atoms with Crippen LogP contribution in [0.4, 0.5) is 0 Å². The Kier molecular flexibility index (Phi) is 5.34. The van der Waals surface area contributed by atoms with E-state index in [0.29, 0.717) is 17.9 Å². The van der Waals surface area contributed by atoms with Gasteiger partial charge in [0.1, 0.15) is 12.4 Å². The van der Waals surface area contributed by atoms with Gasteiger partial charge in [-0.3, -0.25) is 15.1 Å². The molecule has 1 aromatic carbocycles. The average Bonchev–Trinajstić information content (AvgIpc) is 2.49. The molecule has 1 aliphatic heterocycles. The van der Waals surface area contributed by atoms with Crippen molar-refractivity contribution in [1.82, 2.24) is 15.2 Å². The van der Waals surface area contributed by atoms with Gasteiger partial charge in [-0.1, -0.05) is 6.07 Å². The van der Waals surface area contributed by atoms with Crippen LogP contribution in [0.1, 0.15) is 10.4 Å². The number of benzene rings is 1. The highest BCUT2D eigenvalue weighted by Crippen LogP contribution is 2.13. The summed E-state index contributed by atoms with van der Waals surface area (Å²) in [6.07, 6.45) is 0. The molecule has 6 heteroatoms. The monoisotopic (exact) mass is 278 g/mol. The average molecular weight is 278 g/mol. The number of hydrogen-bond acceptors (Lipinski definition) is 5. The van der Waals surface area contributed by atoms with Crippen LogP contribution in [0.3, 0.4) is 0 Å². The number of hydrazine groups is 1. The lowest BCUT2D eigenvalue weighted by molar-refractivity contribution is 0.0953. The molecule has 0 aromatic heterocycles. The Morgan fingerprint density at radius 3 is 2.80 bits per heavy atom. The minimum absolute atomic E-state index is 0.311. The summed E-state index contributed by atoms with van der Waals surface area (Å²) in [5.41, 5.74) is 2.62. The van der Waals surface area contributed by atoms with Crippen LogP contribution in [0.5, 0.6) is 5.75 Å². The van der Waals surface area contributed by atoms with Crippen molar-refractivity contribution in [3.8, 4) is 5.75 Å². The lowest BCUT2D eigenvalue weighted by Crippen LogP contribution is -2.45. The van der Waals surface area contributed by atoms with E-state index < -0.39 is 0 Å². The first-order chi connectivity index (χ1) is 9.69. The molecule has 1 fully saturated rings. The largest absolute Gasteiger partial charge is 0.492 e. The summed E-state index contributed by atoms with van der Waals surface area (Å²) < 4.78 is 5.69. The molecule has 3 N–H and O–H groups in total. The standard InChI is InChI=1S/C14H22N4O2/c1-17-5-7-18(8-6-17)9-10-20-13-4-2-3-12(11-13)14(19)16-15/h2-4,11H,5-10,15H2,1H3,(H,16,19). The van der Waals surface area contributed by atoms with Gasteiger partial charge in [-0.25, -0.2) is 5.84 Å². The normalized spacial score (nSPS) is 16.9. The minimum Gasteiger partial charge on any atom is -0.492 e. The van der Waals surface area contributed by atoms with E-state index in [0.717, 1.165) is 32.7 Å². The van der Waals surface area contributed by atoms with Crippen molar-refractivity contribution in [3.05, 3.63) is 29.8 Å². The second kappa shape index (κ2) is 7.23. The predicted octanol–water partition coefficient (Wildman–Crippen LogP) is -0.0837. The number of nitrogens with two attached hydrogens (primary N) is 1. The zero-order valence-corrected chi connectivity index (χ0v) is 11.8. The molecule has 2 rings (SSSR count). The van der Waals surface area contributed by atoms with Gasteiger partial charge in [0.15, 0.2) is 0 Å². The van der Waals surface area contributed by atoms with Gasteiger partial charge in [0.2, 0.25) is 0 Å². The van der Waals surface area contributed by atoms with Gasteiger partial charge in [0, 0.05) is 38.3 Å². The van der Waals surface area contributed by atoms with E-state index in [-0.39, 0.29) is 5.91 Å². The summed E-state index contributed by atoms with van der Waals surface area (Å²) in [5, 5.41) is 0. The van der Waals surface area contributed by atoms with E-state index in [1.807, 2.05) is 6.07 Å². The SMILES string of the molecule is CN1CCN(CCOc2cccc(C(=O)NN)c2)CC1. The number of likely N-dealkylation sites (N-methyl/N-ethyl adjacent to an activating group) is 1. The Bertz CT molecular complexity index is 445. The maximum Gasteiger partial charge on any atom is 0.265 e. The lowest BCUT2D eigenvalue weighted by atomic mass is 10.2. The topological polar surface area (TPSA) is 70.8 Å². The molecule has 20 heavy (non-hydrogen) atoms. The second-order valence-corrected chi connectivity index (χ2v) is 4.99. The van der Waals surface area contributed by atoms with Crippen LogP contribution in [-0.4, -0.2) is 62.1 Å². The maximum absolute atomic E-state index is 11.4. The number of carbonyl (C=O) groups excluding carboxylic acids is 1. The minimum atomic E-state index is -0.311. The summed E-state index contributed by atoms with van der Waals surface area (Å²) in [5.74, 6) is 5.50. The fourth-order valence-electron chi connectivity index (χ4n) is 2.17. The molecular weight excluding hydrogens is 256 g/mol. The van der Waals surface area contributed by atoms with Crippen molar-refractivity contribution in [2.45, 2.75) is 0 Å². The fourth-order valence-corrected chi connectivity index (χ4v) is 2.17. The molecule has 0 unspecified atom stereocenters. The number of hydrogen-bond donors (Lipinski definition) is 2. The smallest absolute Gasteiger partial charge is 0.265 e. The van der Waals surface area contributed by atoms with Gasteiger partial charge < -0.3 is 9.64 Å². The molecule has 0 atom stereocenters. The van der Waals surface area contributed by atoms with Gasteiger partial charge in [-0.2, -0.15) is 0 Å². The van der Waals surface area contributed by atoms with E-state index in [1.54, 1.807) is 18.2 Å². The number of carbonyl (C=O) groups is 1. The van der Waals surface area contributed by atoms with Crippen LogP contribution in [0.15, 0.2) is 24.3 Å². The van der Waals surface area contributed by atoms with E-state index in [9.17, 15) is 4.79 Å². The van der Waals surface area contributed by atoms with Crippen molar-refractivity contribution in [2.75, 3.05) is 46.4 Å². The molecule has 6 nitrogen and oxygen atoms in total. The Balaban J connectivity index is 1.78. The number of nitrogen functional groups attached to an aromatic ring is 1. The molecule has 1 aliphatic rings. The molecule has 0 aliphatic carbocycles. The second-order valence-electron chi connectivity index (χ2n) is 4.99. The van der Waals surface area contributed by atoms with Crippen LogP contribution < -0.4 is 16.0 Å². The highest BCUT2D eigenvalue weighted by molar-refractivity contribution is 5.94. The molecule has 1 aromatic rings. The molecule has 0 bridgehead atoms. The van der Waals surface area contributed by atoms with Crippen molar-refractivity contribution in [2.24, 2.45) is 5.84 Å². The van der Waals surface area contributed by atoms with Crippen LogP contribution in [0, 0.1) is 0 Å². The predicted molar refractivity (Wildman–Crippen MR) is 77.5 cm³/mol. The van der Waals surface area contributed by atoms with E-state index in [2.05, 4.69) is 22.3 Å². The van der Waals surface area contributed by atoms with Crippen molar-refractivity contribution in [1.29, 1.82) is 0 Å². The number of amides is 1. The Morgan fingerprint density at radius 2 is 2.10 bits per heavy atom. The van der Waals surface area contributed by atoms with Crippen LogP contribution in [0.2, 0.25) is 0 Å². The third kappa shape index (κ3) is 4.19. The van der Waals surface area contributed by atoms with Crippen LogP contribution in [0.25, 0.3) is 0 Å². The molecule has 0 spiro atoms. The van der Waals surface area contributed by atoms with Crippen molar-refractivity contribution in [3.63, 3.8) is 0 Å². The first-order valence-corrected chi connectivity index (χ1v) is 6.84. The van der Waals surface area contributed by atoms with Crippen molar-refractivity contribution < 1.29 is 9.53 Å². The number of rotatable bonds is 5. The highest BCUT2D eigenvalue weighted by atomic mass is 16.5. The van der Waals surface area contributed by atoms with Gasteiger partial charge in [-0.15, -0.1) is 0 Å². The first-order valence-electron chi connectivity index (χ1n) is 6.84. The van der Waals surface area contributed by atoms with Gasteiger partial charge >= 0.3 is 0 Å². The fraction of sp³-hybridized carbons (Fsp3) is 0.500. The number of piperazine rings is 1. The maximum atomic E-state index is 11.4. The number of ether oxygens (including phenoxy) is 1.